The van der Waals surface area contributed by atoms with E-state index in [-0.39, 0.29) is 0 Å². The van der Waals surface area contributed by atoms with Gasteiger partial charge in [-0.1, -0.05) is 12.2 Å². The van der Waals surface area contributed by atoms with Gasteiger partial charge in [0.1, 0.15) is 10.8 Å². The molecule has 2 heterocycles. The summed E-state index contributed by atoms with van der Waals surface area (Å²) in [6.07, 6.45) is 1.71. The lowest BCUT2D eigenvalue weighted by Gasteiger charge is -2.37. The number of thiocarbonyl (C=S) groups is 1. The third kappa shape index (κ3) is 3.86. The summed E-state index contributed by atoms with van der Waals surface area (Å²) >= 11 is 4.91. The van der Waals surface area contributed by atoms with E-state index >= 15 is 0 Å². The van der Waals surface area contributed by atoms with Crippen molar-refractivity contribution in [2.24, 2.45) is 5.73 Å². The normalized spacial score (nSPS) is 21.3. The predicted octanol–water partition coefficient (Wildman–Crippen LogP) is 0.374. The van der Waals surface area contributed by atoms with Crippen LogP contribution < -0.4 is 11.1 Å². The van der Waals surface area contributed by atoms with E-state index in [1.807, 2.05) is 12.1 Å². The molecule has 3 N–H and O–H groups in total. The molecule has 1 aromatic rings. The van der Waals surface area contributed by atoms with Crippen molar-refractivity contribution in [2.75, 3.05) is 45.6 Å². The third-order valence-electron chi connectivity index (χ3n) is 3.55. The molecule has 0 radical (unpaired) electrons. The molecule has 1 saturated heterocycles. The second-order valence-electron chi connectivity index (χ2n) is 5.07. The van der Waals surface area contributed by atoms with E-state index in [1.165, 1.54) is 0 Å². The Morgan fingerprint density at radius 2 is 2.26 bits per heavy atom. The summed E-state index contributed by atoms with van der Waals surface area (Å²) in [5.41, 5.74) is 6.35. The van der Waals surface area contributed by atoms with Crippen LogP contribution in [0.15, 0.2) is 18.3 Å². The van der Waals surface area contributed by atoms with Crippen LogP contribution in [0, 0.1) is 0 Å². The molecule has 0 aliphatic carbocycles. The molecule has 0 spiro atoms. The molecule has 1 unspecified atom stereocenters. The molecule has 0 bridgehead atoms. The van der Waals surface area contributed by atoms with E-state index in [0.717, 1.165) is 37.6 Å². The van der Waals surface area contributed by atoms with Gasteiger partial charge in [-0.2, -0.15) is 0 Å². The summed E-state index contributed by atoms with van der Waals surface area (Å²) < 4.78 is 0. The van der Waals surface area contributed by atoms with Crippen molar-refractivity contribution >= 4 is 23.0 Å². The van der Waals surface area contributed by atoms with Crippen LogP contribution in [-0.4, -0.2) is 66.1 Å². The maximum atomic E-state index is 5.55. The van der Waals surface area contributed by atoms with Crippen molar-refractivity contribution < 1.29 is 0 Å². The molecule has 104 valence electrons. The number of pyridine rings is 1. The number of piperazine rings is 1. The average molecular weight is 279 g/mol. The van der Waals surface area contributed by atoms with Crippen LogP contribution in [0.1, 0.15) is 5.56 Å². The van der Waals surface area contributed by atoms with Gasteiger partial charge in [0.15, 0.2) is 0 Å². The second-order valence-corrected chi connectivity index (χ2v) is 5.51. The summed E-state index contributed by atoms with van der Waals surface area (Å²) in [4.78, 5) is 9.44. The van der Waals surface area contributed by atoms with Crippen LogP contribution in [0.3, 0.4) is 0 Å². The number of nitrogens with zero attached hydrogens (tertiary/aromatic N) is 3. The van der Waals surface area contributed by atoms with Crippen LogP contribution in [0.5, 0.6) is 0 Å². The number of rotatable bonds is 4. The zero-order chi connectivity index (χ0) is 13.8. The Hall–Kier alpha value is -1.24. The van der Waals surface area contributed by atoms with Crippen LogP contribution in [0.25, 0.3) is 0 Å². The Kier molecular flexibility index (Phi) is 4.68. The lowest BCUT2D eigenvalue weighted by atomic mass is 10.2. The fourth-order valence-corrected chi connectivity index (χ4v) is 2.31. The Labute approximate surface area is 119 Å². The minimum Gasteiger partial charge on any atom is -0.389 e. The van der Waals surface area contributed by atoms with Crippen molar-refractivity contribution in [1.29, 1.82) is 0 Å². The van der Waals surface area contributed by atoms with E-state index in [9.17, 15) is 0 Å². The van der Waals surface area contributed by atoms with Crippen molar-refractivity contribution in [1.82, 2.24) is 14.8 Å². The summed E-state index contributed by atoms with van der Waals surface area (Å²) in [6.45, 7) is 4.21. The molecule has 5 nitrogen and oxygen atoms in total. The van der Waals surface area contributed by atoms with E-state index in [2.05, 4.69) is 34.2 Å². The lowest BCUT2D eigenvalue weighted by Crippen LogP contribution is -2.52. The molecule has 1 fully saturated rings. The fourth-order valence-electron chi connectivity index (χ4n) is 2.19. The molecule has 1 atom stereocenters. The van der Waals surface area contributed by atoms with Gasteiger partial charge < -0.3 is 16.0 Å². The highest BCUT2D eigenvalue weighted by Gasteiger charge is 2.21. The highest BCUT2D eigenvalue weighted by Crippen LogP contribution is 2.09. The van der Waals surface area contributed by atoms with Gasteiger partial charge >= 0.3 is 0 Å². The Bertz CT molecular complexity index is 433. The van der Waals surface area contributed by atoms with Crippen LogP contribution >= 0.6 is 12.2 Å². The van der Waals surface area contributed by atoms with Crippen molar-refractivity contribution in [3.8, 4) is 0 Å². The zero-order valence-corrected chi connectivity index (χ0v) is 12.3. The van der Waals surface area contributed by atoms with Gasteiger partial charge in [0.25, 0.3) is 0 Å². The standard InChI is InChI=1S/C13H21N5S/c1-17-5-6-18(2)11(9-17)8-16-12-4-3-10(7-15-12)13(14)19/h3-4,7,11H,5-6,8-9H2,1-2H3,(H2,14,19)(H,15,16). The number of nitrogens with two attached hydrogens (primary N) is 1. The third-order valence-corrected chi connectivity index (χ3v) is 3.78. The SMILES string of the molecule is CN1CCN(C)C(CNc2ccc(C(N)=S)cn2)C1. The number of hydrogen-bond acceptors (Lipinski definition) is 5. The van der Waals surface area contributed by atoms with Gasteiger partial charge in [0.05, 0.1) is 0 Å². The molecule has 0 amide bonds. The minimum absolute atomic E-state index is 0.382. The monoisotopic (exact) mass is 279 g/mol. The maximum absolute atomic E-state index is 5.55. The number of nitrogens with one attached hydrogen (secondary N) is 1. The Balaban J connectivity index is 1.89. The van der Waals surface area contributed by atoms with Gasteiger partial charge in [-0.25, -0.2) is 4.98 Å². The molecule has 1 aliphatic rings. The summed E-state index contributed by atoms with van der Waals surface area (Å²) in [5.74, 6) is 0.863. The highest BCUT2D eigenvalue weighted by molar-refractivity contribution is 7.80. The summed E-state index contributed by atoms with van der Waals surface area (Å²) in [5, 5.41) is 3.37. The molecular formula is C13H21N5S. The van der Waals surface area contributed by atoms with Gasteiger partial charge in [0, 0.05) is 44.0 Å². The number of aromatic nitrogens is 1. The minimum atomic E-state index is 0.382. The van der Waals surface area contributed by atoms with Gasteiger partial charge in [-0.05, 0) is 26.2 Å². The quantitative estimate of drug-likeness (QED) is 0.777. The predicted molar refractivity (Wildman–Crippen MR) is 82.5 cm³/mol. The van der Waals surface area contributed by atoms with Crippen molar-refractivity contribution in [3.63, 3.8) is 0 Å². The lowest BCUT2D eigenvalue weighted by molar-refractivity contribution is 0.122. The smallest absolute Gasteiger partial charge is 0.125 e. The highest BCUT2D eigenvalue weighted by atomic mass is 32.1. The first-order chi connectivity index (χ1) is 9.06. The second kappa shape index (κ2) is 6.27. The van der Waals surface area contributed by atoms with Gasteiger partial charge in [-0.15, -0.1) is 0 Å². The number of likely N-dealkylation sites (N-methyl/N-ethyl adjacent to an activating group) is 2. The molecular weight excluding hydrogens is 258 g/mol. The number of anilines is 1. The van der Waals surface area contributed by atoms with Crippen LogP contribution in [0.4, 0.5) is 5.82 Å². The summed E-state index contributed by atoms with van der Waals surface area (Å²) in [7, 11) is 4.33. The first kappa shape index (κ1) is 14.2. The van der Waals surface area contributed by atoms with Gasteiger partial charge in [-0.3, -0.25) is 4.90 Å². The van der Waals surface area contributed by atoms with E-state index in [0.29, 0.717) is 11.0 Å². The van der Waals surface area contributed by atoms with Gasteiger partial charge in [0.2, 0.25) is 0 Å². The number of hydrogen-bond donors (Lipinski definition) is 2. The van der Waals surface area contributed by atoms with E-state index in [1.54, 1.807) is 6.20 Å². The largest absolute Gasteiger partial charge is 0.389 e. The molecule has 0 saturated carbocycles. The molecule has 1 aliphatic heterocycles. The average Bonchev–Trinajstić information content (AvgIpc) is 2.40. The van der Waals surface area contributed by atoms with E-state index in [4.69, 9.17) is 18.0 Å². The van der Waals surface area contributed by atoms with Crippen molar-refractivity contribution in [3.05, 3.63) is 23.9 Å². The van der Waals surface area contributed by atoms with Crippen LogP contribution in [-0.2, 0) is 0 Å². The molecule has 19 heavy (non-hydrogen) atoms. The summed E-state index contributed by atoms with van der Waals surface area (Å²) in [6, 6.07) is 4.32. The van der Waals surface area contributed by atoms with Crippen molar-refractivity contribution in [2.45, 2.75) is 6.04 Å². The maximum Gasteiger partial charge on any atom is 0.125 e. The molecule has 0 aromatic carbocycles. The van der Waals surface area contributed by atoms with Crippen LogP contribution in [0.2, 0.25) is 0 Å². The zero-order valence-electron chi connectivity index (χ0n) is 11.5. The Morgan fingerprint density at radius 1 is 1.47 bits per heavy atom. The molecule has 1 aromatic heterocycles. The first-order valence-electron chi connectivity index (χ1n) is 6.45. The first-order valence-corrected chi connectivity index (χ1v) is 6.85. The Morgan fingerprint density at radius 3 is 2.89 bits per heavy atom. The molecule has 6 heteroatoms. The topological polar surface area (TPSA) is 57.4 Å². The fraction of sp³-hybridized carbons (Fsp3) is 0.538. The van der Waals surface area contributed by atoms with E-state index < -0.39 is 0 Å². The molecule has 2 rings (SSSR count).